The zero-order valence-electron chi connectivity index (χ0n) is 20.6. The van der Waals surface area contributed by atoms with E-state index in [9.17, 15) is 4.79 Å². The van der Waals surface area contributed by atoms with Crippen LogP contribution in [0.1, 0.15) is 36.2 Å². The molecule has 0 bridgehead atoms. The first-order valence-corrected chi connectivity index (χ1v) is 12.4. The summed E-state index contributed by atoms with van der Waals surface area (Å²) in [6.07, 6.45) is 6.61. The van der Waals surface area contributed by atoms with Gasteiger partial charge in [0.25, 0.3) is 0 Å². The molecule has 0 saturated carbocycles. The predicted molar refractivity (Wildman–Crippen MR) is 132 cm³/mol. The van der Waals surface area contributed by atoms with Crippen LogP contribution in [0, 0.1) is 0 Å². The Morgan fingerprint density at radius 3 is 2.86 bits per heavy atom. The van der Waals surface area contributed by atoms with Gasteiger partial charge in [-0.1, -0.05) is 6.07 Å². The van der Waals surface area contributed by atoms with Gasteiger partial charge < -0.3 is 19.3 Å². The number of aromatic nitrogens is 4. The molecule has 0 spiro atoms. The van der Waals surface area contributed by atoms with Crippen molar-refractivity contribution in [1.29, 1.82) is 0 Å². The Balaban J connectivity index is 1.45. The molecule has 35 heavy (non-hydrogen) atoms. The molecule has 3 aliphatic rings. The molecular weight excluding hydrogens is 444 g/mol. The van der Waals surface area contributed by atoms with Gasteiger partial charge in [-0.05, 0) is 29.7 Å². The van der Waals surface area contributed by atoms with Gasteiger partial charge >= 0.3 is 0 Å². The second-order valence-corrected chi connectivity index (χ2v) is 9.82. The van der Waals surface area contributed by atoms with Gasteiger partial charge in [-0.3, -0.25) is 14.2 Å². The third-order valence-electron chi connectivity index (χ3n) is 7.59. The SMILES string of the molecule is COC1Cc2cc(-c3cnn(C)c3)ccc2N(c2nn(C3CCOC3)c3c2CN(C(C)=O)CC3)C1. The molecule has 184 valence electrons. The number of ether oxygens (including phenoxy) is 2. The number of hydrogen-bond donors (Lipinski definition) is 0. The van der Waals surface area contributed by atoms with Crippen molar-refractivity contribution < 1.29 is 14.3 Å². The fraction of sp³-hybridized carbons (Fsp3) is 0.500. The molecule has 6 rings (SSSR count). The fourth-order valence-electron chi connectivity index (χ4n) is 5.66. The minimum absolute atomic E-state index is 0.0507. The molecule has 3 aliphatic heterocycles. The van der Waals surface area contributed by atoms with E-state index in [0.717, 1.165) is 67.2 Å². The molecule has 2 unspecified atom stereocenters. The summed E-state index contributed by atoms with van der Waals surface area (Å²) in [7, 11) is 3.71. The van der Waals surface area contributed by atoms with Crippen LogP contribution in [0.5, 0.6) is 0 Å². The molecule has 9 nitrogen and oxygen atoms in total. The number of rotatable bonds is 4. The number of amides is 1. The van der Waals surface area contributed by atoms with Crippen molar-refractivity contribution in [1.82, 2.24) is 24.5 Å². The highest BCUT2D eigenvalue weighted by Gasteiger charge is 2.35. The molecule has 2 atom stereocenters. The maximum atomic E-state index is 12.3. The number of nitrogens with zero attached hydrogens (tertiary/aromatic N) is 6. The molecule has 9 heteroatoms. The third kappa shape index (κ3) is 3.92. The Bertz CT molecular complexity index is 1260. The van der Waals surface area contributed by atoms with Gasteiger partial charge in [-0.2, -0.15) is 10.2 Å². The lowest BCUT2D eigenvalue weighted by atomic mass is 9.95. The quantitative estimate of drug-likeness (QED) is 0.576. The number of methoxy groups -OCH3 is 1. The topological polar surface area (TPSA) is 77.7 Å². The van der Waals surface area contributed by atoms with Crippen molar-refractivity contribution in [2.24, 2.45) is 7.05 Å². The van der Waals surface area contributed by atoms with E-state index in [0.29, 0.717) is 13.2 Å². The monoisotopic (exact) mass is 476 g/mol. The highest BCUT2D eigenvalue weighted by atomic mass is 16.5. The average molecular weight is 477 g/mol. The van der Waals surface area contributed by atoms with E-state index in [4.69, 9.17) is 14.6 Å². The van der Waals surface area contributed by atoms with E-state index >= 15 is 0 Å². The van der Waals surface area contributed by atoms with Crippen LogP contribution in [0.3, 0.4) is 0 Å². The van der Waals surface area contributed by atoms with Gasteiger partial charge in [0.05, 0.1) is 38.0 Å². The zero-order chi connectivity index (χ0) is 24.1. The summed E-state index contributed by atoms with van der Waals surface area (Å²) in [6, 6.07) is 6.85. The maximum absolute atomic E-state index is 12.3. The summed E-state index contributed by atoms with van der Waals surface area (Å²) in [5, 5.41) is 9.53. The van der Waals surface area contributed by atoms with Gasteiger partial charge in [0.1, 0.15) is 0 Å². The van der Waals surface area contributed by atoms with Crippen LogP contribution in [0.25, 0.3) is 11.1 Å². The molecule has 1 aromatic carbocycles. The Morgan fingerprint density at radius 2 is 2.14 bits per heavy atom. The largest absolute Gasteiger partial charge is 0.379 e. The van der Waals surface area contributed by atoms with Gasteiger partial charge in [-0.25, -0.2) is 0 Å². The van der Waals surface area contributed by atoms with Crippen LogP contribution >= 0.6 is 0 Å². The number of fused-ring (bicyclic) bond motifs is 2. The molecule has 1 saturated heterocycles. The number of aryl methyl sites for hydroxylation is 1. The summed E-state index contributed by atoms with van der Waals surface area (Å²) < 4.78 is 15.6. The third-order valence-corrected chi connectivity index (χ3v) is 7.59. The molecule has 1 fully saturated rings. The zero-order valence-corrected chi connectivity index (χ0v) is 20.6. The Kier molecular flexibility index (Phi) is 5.61. The lowest BCUT2D eigenvalue weighted by Gasteiger charge is -2.36. The molecule has 0 radical (unpaired) electrons. The second-order valence-electron chi connectivity index (χ2n) is 9.82. The molecule has 5 heterocycles. The normalized spacial score (nSPS) is 21.8. The van der Waals surface area contributed by atoms with E-state index in [2.05, 4.69) is 32.9 Å². The van der Waals surface area contributed by atoms with Crippen LogP contribution in [-0.2, 0) is 40.7 Å². The first kappa shape index (κ1) is 22.3. The van der Waals surface area contributed by atoms with Crippen LogP contribution < -0.4 is 4.90 Å². The molecular formula is C26H32N6O3. The Hall–Kier alpha value is -3.17. The lowest BCUT2D eigenvalue weighted by molar-refractivity contribution is -0.129. The summed E-state index contributed by atoms with van der Waals surface area (Å²) in [5.74, 6) is 1.04. The lowest BCUT2D eigenvalue weighted by Crippen LogP contribution is -2.38. The smallest absolute Gasteiger partial charge is 0.219 e. The predicted octanol–water partition coefficient (Wildman–Crippen LogP) is 2.86. The Labute approximate surface area is 205 Å². The summed E-state index contributed by atoms with van der Waals surface area (Å²) in [6.45, 7) is 5.15. The van der Waals surface area contributed by atoms with E-state index < -0.39 is 0 Å². The average Bonchev–Trinajstić information content (AvgIpc) is 3.62. The summed E-state index contributed by atoms with van der Waals surface area (Å²) >= 11 is 0. The molecule has 0 N–H and O–H groups in total. The van der Waals surface area contributed by atoms with Crippen molar-refractivity contribution in [3.63, 3.8) is 0 Å². The number of hydrogen-bond acceptors (Lipinski definition) is 6. The minimum Gasteiger partial charge on any atom is -0.379 e. The molecule has 3 aromatic rings. The van der Waals surface area contributed by atoms with Crippen molar-refractivity contribution in [2.75, 3.05) is 38.3 Å². The van der Waals surface area contributed by atoms with Gasteiger partial charge in [0, 0.05) is 75.8 Å². The summed E-state index contributed by atoms with van der Waals surface area (Å²) in [5.41, 5.74) is 7.02. The first-order chi connectivity index (χ1) is 17.0. The summed E-state index contributed by atoms with van der Waals surface area (Å²) in [4.78, 5) is 16.5. The highest BCUT2D eigenvalue weighted by Crippen LogP contribution is 2.40. The highest BCUT2D eigenvalue weighted by molar-refractivity contribution is 5.76. The van der Waals surface area contributed by atoms with Gasteiger partial charge in [0.2, 0.25) is 5.91 Å². The number of carbonyl (C=O) groups excluding carboxylic acids is 1. The van der Waals surface area contributed by atoms with Crippen LogP contribution in [-0.4, -0.2) is 69.9 Å². The van der Waals surface area contributed by atoms with E-state index in [1.54, 1.807) is 14.0 Å². The number of anilines is 2. The minimum atomic E-state index is 0.0507. The van der Waals surface area contributed by atoms with Crippen LogP contribution in [0.15, 0.2) is 30.6 Å². The fourth-order valence-corrected chi connectivity index (χ4v) is 5.66. The van der Waals surface area contributed by atoms with Crippen LogP contribution in [0.4, 0.5) is 11.5 Å². The van der Waals surface area contributed by atoms with E-state index in [1.165, 1.54) is 11.3 Å². The standard InChI is InChI=1S/C26H32N6O3/c1-17(33)30-8-6-25-23(15-30)26(28-32(25)21-7-9-35-16-21)31-14-22(34-3)11-19-10-18(4-5-24(19)31)20-12-27-29(2)13-20/h4-5,10,12-13,21-22H,6-9,11,14-16H2,1-3H3. The molecule has 1 amide bonds. The maximum Gasteiger partial charge on any atom is 0.219 e. The molecule has 2 aromatic heterocycles. The number of benzene rings is 1. The van der Waals surface area contributed by atoms with E-state index in [-0.39, 0.29) is 18.1 Å². The van der Waals surface area contributed by atoms with Crippen LogP contribution in [0.2, 0.25) is 0 Å². The second kappa shape index (κ2) is 8.80. The van der Waals surface area contributed by atoms with Crippen molar-refractivity contribution in [3.8, 4) is 11.1 Å². The van der Waals surface area contributed by atoms with Gasteiger partial charge in [-0.15, -0.1) is 0 Å². The van der Waals surface area contributed by atoms with Crippen molar-refractivity contribution in [2.45, 2.75) is 44.9 Å². The van der Waals surface area contributed by atoms with E-state index in [1.807, 2.05) is 29.0 Å². The Morgan fingerprint density at radius 1 is 1.26 bits per heavy atom. The molecule has 0 aliphatic carbocycles. The van der Waals surface area contributed by atoms with Crippen molar-refractivity contribution in [3.05, 3.63) is 47.4 Å². The van der Waals surface area contributed by atoms with Crippen molar-refractivity contribution >= 4 is 17.4 Å². The first-order valence-electron chi connectivity index (χ1n) is 12.4. The number of carbonyl (C=O) groups is 1. The van der Waals surface area contributed by atoms with Gasteiger partial charge in [0.15, 0.2) is 5.82 Å².